The minimum absolute atomic E-state index is 0.172. The van der Waals surface area contributed by atoms with Gasteiger partial charge in [0.25, 0.3) is 0 Å². The molecular weight excluding hydrogens is 408 g/mol. The molecule has 6 nitrogen and oxygen atoms in total. The van der Waals surface area contributed by atoms with Crippen LogP contribution in [0.4, 0.5) is 11.5 Å². The van der Waals surface area contributed by atoms with Crippen LogP contribution in [-0.2, 0) is 19.1 Å². The molecule has 2 aromatic heterocycles. The Hall–Kier alpha value is -3.51. The van der Waals surface area contributed by atoms with Gasteiger partial charge in [-0.3, -0.25) is 4.68 Å². The van der Waals surface area contributed by atoms with Crippen molar-refractivity contribution in [3.8, 4) is 11.4 Å². The molecule has 0 spiro atoms. The molecule has 2 aromatic carbocycles. The van der Waals surface area contributed by atoms with Crippen LogP contribution in [0.1, 0.15) is 41.6 Å². The van der Waals surface area contributed by atoms with E-state index in [4.69, 9.17) is 10.7 Å². The largest absolute Gasteiger partial charge is 0.321 e. The highest BCUT2D eigenvalue weighted by Crippen LogP contribution is 2.40. The summed E-state index contributed by atoms with van der Waals surface area (Å²) in [5, 5.41) is 4.36. The standard InChI is InChI=1S/C27H30N6/c1-19-5-7-21(8-6-19)25-29-17-20(2)26(31-25)33(18-24-13-16-30-32(24)3)23-11-9-22(10-12-23)27(28)14-4-15-27/h5-13,16-17H,4,14-15,18,28H2,1-3H3. The lowest BCUT2D eigenvalue weighted by Crippen LogP contribution is -2.43. The summed E-state index contributed by atoms with van der Waals surface area (Å²) in [5.74, 6) is 1.61. The Morgan fingerprint density at radius 3 is 2.33 bits per heavy atom. The number of aromatic nitrogens is 4. The fraction of sp³-hybridized carbons (Fsp3) is 0.296. The predicted molar refractivity (Wildman–Crippen MR) is 132 cm³/mol. The van der Waals surface area contributed by atoms with E-state index in [2.05, 4.69) is 77.4 Å². The zero-order valence-electron chi connectivity index (χ0n) is 19.5. The molecule has 1 aliphatic carbocycles. The number of hydrogen-bond acceptors (Lipinski definition) is 5. The molecule has 2 heterocycles. The van der Waals surface area contributed by atoms with E-state index in [1.165, 1.54) is 17.5 Å². The molecule has 33 heavy (non-hydrogen) atoms. The average molecular weight is 439 g/mol. The summed E-state index contributed by atoms with van der Waals surface area (Å²) in [6, 6.07) is 19.0. The molecule has 1 fully saturated rings. The minimum Gasteiger partial charge on any atom is -0.321 e. The first-order valence-corrected chi connectivity index (χ1v) is 11.5. The Morgan fingerprint density at radius 2 is 1.73 bits per heavy atom. The highest BCUT2D eigenvalue weighted by Gasteiger charge is 2.34. The first-order chi connectivity index (χ1) is 15.9. The lowest BCUT2D eigenvalue weighted by atomic mass is 9.73. The van der Waals surface area contributed by atoms with Crippen LogP contribution in [0.2, 0.25) is 0 Å². The van der Waals surface area contributed by atoms with Crippen LogP contribution in [0.3, 0.4) is 0 Å². The SMILES string of the molecule is Cc1ccc(-c2ncc(C)c(N(Cc3ccnn3C)c3ccc(C4(N)CCC4)cc3)n2)cc1. The molecule has 0 radical (unpaired) electrons. The number of benzene rings is 2. The second kappa shape index (κ2) is 8.45. The van der Waals surface area contributed by atoms with Gasteiger partial charge in [-0.15, -0.1) is 0 Å². The summed E-state index contributed by atoms with van der Waals surface area (Å²) in [4.78, 5) is 11.9. The fourth-order valence-electron chi connectivity index (χ4n) is 4.37. The van der Waals surface area contributed by atoms with Gasteiger partial charge in [-0.2, -0.15) is 5.10 Å². The predicted octanol–water partition coefficient (Wildman–Crippen LogP) is 5.17. The third-order valence-corrected chi connectivity index (χ3v) is 6.75. The first-order valence-electron chi connectivity index (χ1n) is 11.5. The van der Waals surface area contributed by atoms with Crippen molar-refractivity contribution in [3.05, 3.63) is 89.4 Å². The van der Waals surface area contributed by atoms with E-state index in [0.29, 0.717) is 6.54 Å². The number of aryl methyl sites for hydroxylation is 3. The molecule has 0 atom stereocenters. The molecule has 4 aromatic rings. The molecule has 0 saturated heterocycles. The van der Waals surface area contributed by atoms with Crippen molar-refractivity contribution in [2.24, 2.45) is 12.8 Å². The molecule has 168 valence electrons. The Labute approximate surface area is 195 Å². The topological polar surface area (TPSA) is 72.9 Å². The average Bonchev–Trinajstić information content (AvgIpc) is 3.21. The lowest BCUT2D eigenvalue weighted by molar-refractivity contribution is 0.253. The van der Waals surface area contributed by atoms with Crippen molar-refractivity contribution >= 4 is 11.5 Å². The molecule has 0 unspecified atom stereocenters. The monoisotopic (exact) mass is 438 g/mol. The lowest BCUT2D eigenvalue weighted by Gasteiger charge is -2.39. The molecule has 6 heteroatoms. The maximum absolute atomic E-state index is 6.56. The van der Waals surface area contributed by atoms with Gasteiger partial charge in [-0.1, -0.05) is 42.0 Å². The molecule has 1 aliphatic rings. The molecule has 2 N–H and O–H groups in total. The van der Waals surface area contributed by atoms with Gasteiger partial charge in [-0.05, 0) is 56.9 Å². The van der Waals surface area contributed by atoms with Crippen LogP contribution in [0.15, 0.2) is 67.0 Å². The van der Waals surface area contributed by atoms with Gasteiger partial charge in [0, 0.05) is 41.8 Å². The van der Waals surface area contributed by atoms with Gasteiger partial charge in [0.2, 0.25) is 0 Å². The summed E-state index contributed by atoms with van der Waals surface area (Å²) in [6.45, 7) is 4.79. The summed E-state index contributed by atoms with van der Waals surface area (Å²) in [6.07, 6.45) is 7.04. The van der Waals surface area contributed by atoms with Gasteiger partial charge < -0.3 is 10.6 Å². The summed E-state index contributed by atoms with van der Waals surface area (Å²) in [5.41, 5.74) is 13.0. The molecule has 0 amide bonds. The van der Waals surface area contributed by atoms with Crippen LogP contribution in [0, 0.1) is 13.8 Å². The maximum atomic E-state index is 6.56. The Bertz CT molecular complexity index is 1250. The van der Waals surface area contributed by atoms with E-state index in [9.17, 15) is 0 Å². The second-order valence-electron chi connectivity index (χ2n) is 9.16. The third-order valence-electron chi connectivity index (χ3n) is 6.75. The molecule has 5 rings (SSSR count). The van der Waals surface area contributed by atoms with E-state index in [-0.39, 0.29) is 5.54 Å². The quantitative estimate of drug-likeness (QED) is 0.450. The van der Waals surface area contributed by atoms with Crippen LogP contribution >= 0.6 is 0 Å². The number of nitrogens with zero attached hydrogens (tertiary/aromatic N) is 5. The number of hydrogen-bond donors (Lipinski definition) is 1. The van der Waals surface area contributed by atoms with Crippen molar-refractivity contribution < 1.29 is 0 Å². The zero-order chi connectivity index (χ0) is 23.0. The van der Waals surface area contributed by atoms with Crippen LogP contribution in [-0.4, -0.2) is 19.7 Å². The highest BCUT2D eigenvalue weighted by atomic mass is 15.3. The van der Waals surface area contributed by atoms with Gasteiger partial charge in [-0.25, -0.2) is 9.97 Å². The van der Waals surface area contributed by atoms with Gasteiger partial charge in [0.1, 0.15) is 5.82 Å². The Morgan fingerprint density at radius 1 is 1.00 bits per heavy atom. The van der Waals surface area contributed by atoms with Crippen molar-refractivity contribution in [2.75, 3.05) is 4.90 Å². The summed E-state index contributed by atoms with van der Waals surface area (Å²) in [7, 11) is 1.97. The van der Waals surface area contributed by atoms with Gasteiger partial charge >= 0.3 is 0 Å². The molecule has 1 saturated carbocycles. The van der Waals surface area contributed by atoms with Crippen LogP contribution in [0.5, 0.6) is 0 Å². The van der Waals surface area contributed by atoms with E-state index < -0.39 is 0 Å². The first kappa shape index (κ1) is 21.3. The van der Waals surface area contributed by atoms with E-state index in [1.54, 1.807) is 0 Å². The van der Waals surface area contributed by atoms with E-state index in [0.717, 1.165) is 47.0 Å². The van der Waals surface area contributed by atoms with E-state index in [1.807, 2.05) is 30.2 Å². The highest BCUT2D eigenvalue weighted by molar-refractivity contribution is 5.66. The zero-order valence-corrected chi connectivity index (χ0v) is 19.5. The molecular formula is C27H30N6. The normalized spacial score (nSPS) is 14.7. The summed E-state index contributed by atoms with van der Waals surface area (Å²) >= 11 is 0. The third kappa shape index (κ3) is 4.14. The van der Waals surface area contributed by atoms with Crippen LogP contribution < -0.4 is 10.6 Å². The Balaban J connectivity index is 1.56. The van der Waals surface area contributed by atoms with Crippen molar-refractivity contribution in [1.29, 1.82) is 0 Å². The number of anilines is 2. The van der Waals surface area contributed by atoms with Gasteiger partial charge in [0.05, 0.1) is 12.2 Å². The minimum atomic E-state index is -0.172. The van der Waals surface area contributed by atoms with Crippen LogP contribution in [0.25, 0.3) is 11.4 Å². The van der Waals surface area contributed by atoms with Crippen molar-refractivity contribution in [1.82, 2.24) is 19.7 Å². The summed E-state index contributed by atoms with van der Waals surface area (Å²) < 4.78 is 1.90. The fourth-order valence-corrected chi connectivity index (χ4v) is 4.37. The van der Waals surface area contributed by atoms with Gasteiger partial charge in [0.15, 0.2) is 5.82 Å². The smallest absolute Gasteiger partial charge is 0.161 e. The van der Waals surface area contributed by atoms with Crippen molar-refractivity contribution in [3.63, 3.8) is 0 Å². The molecule has 0 bridgehead atoms. The maximum Gasteiger partial charge on any atom is 0.161 e. The number of rotatable bonds is 6. The number of nitrogens with two attached hydrogens (primary N) is 1. The van der Waals surface area contributed by atoms with E-state index >= 15 is 0 Å². The Kier molecular flexibility index (Phi) is 5.46. The second-order valence-corrected chi connectivity index (χ2v) is 9.16. The van der Waals surface area contributed by atoms with Crippen molar-refractivity contribution in [2.45, 2.75) is 45.2 Å². The molecule has 0 aliphatic heterocycles.